The van der Waals surface area contributed by atoms with Crippen molar-refractivity contribution < 1.29 is 141 Å². The third-order valence-corrected chi connectivity index (χ3v) is 23.4. The molecule has 15 unspecified atom stereocenters. The molecule has 702 valence electrons. The van der Waals surface area contributed by atoms with Crippen LogP contribution in [0.4, 0.5) is 4.79 Å². The summed E-state index contributed by atoms with van der Waals surface area (Å²) in [4.78, 5) is 120. The Bertz CT molecular complexity index is 2750. The Hall–Kier alpha value is -4.93. The average molecular weight is 1740 g/mol. The summed E-state index contributed by atoms with van der Waals surface area (Å²) < 4.78 is 62.0. The van der Waals surface area contributed by atoms with Gasteiger partial charge in [0.15, 0.2) is 18.9 Å². The Morgan fingerprint density at radius 1 is 0.388 bits per heavy atom. The number of ketones is 4. The van der Waals surface area contributed by atoms with Gasteiger partial charge in [0, 0.05) is 141 Å². The van der Waals surface area contributed by atoms with Gasteiger partial charge in [0.05, 0.1) is 96.5 Å². The number of nitrogens with zero attached hydrogens (tertiary/aromatic N) is 1. The first-order valence-corrected chi connectivity index (χ1v) is 45.4. The number of hydrogen-bond acceptors (Lipinski definition) is 31. The first-order valence-electron chi connectivity index (χ1n) is 45.4. The molecule has 4 aliphatic rings. The van der Waals surface area contributed by atoms with Crippen LogP contribution in [0, 0.1) is 17.8 Å². The van der Waals surface area contributed by atoms with Crippen molar-refractivity contribution in [3.63, 3.8) is 0 Å². The predicted molar refractivity (Wildman–Crippen MR) is 445 cm³/mol. The molecule has 121 heavy (non-hydrogen) atoms. The summed E-state index contributed by atoms with van der Waals surface area (Å²) >= 11 is 0. The van der Waals surface area contributed by atoms with E-state index < -0.39 is 123 Å². The minimum absolute atomic E-state index is 0.00316. The van der Waals surface area contributed by atoms with E-state index >= 15 is 0 Å². The largest absolute Gasteiger partial charge is 0.466 e. The van der Waals surface area contributed by atoms with E-state index in [1.807, 2.05) is 0 Å². The maximum absolute atomic E-state index is 14.2. The Morgan fingerprint density at radius 3 is 1.17 bits per heavy atom. The SMILES string of the molecule is COC[C@H]1C[C@H](OC)CN1C(=O)CCCCC(=O)CCC(=O)NC(CCCOC(=O)CCCCCCCNCCC(=O)CCCOC1OC(CO)C(O)C(O)C1C)(CCCOC(=O)CCCCCCCNCCC(=O)CCCOC1OC(CO)C(O)C(O)C1C)CCCOC(=O)NCCCCCCCC(=O)CCCOC1OC(CO)C(O)C(O)C1C. The fourth-order valence-corrected chi connectivity index (χ4v) is 15.7. The number of carbonyl (C=O) groups excluding carboxylic acids is 9. The van der Waals surface area contributed by atoms with E-state index in [-0.39, 0.29) is 137 Å². The quantitative estimate of drug-likeness (QED) is 0.0204. The van der Waals surface area contributed by atoms with Gasteiger partial charge in [0.2, 0.25) is 11.8 Å². The lowest BCUT2D eigenvalue weighted by atomic mass is 9.83. The van der Waals surface area contributed by atoms with Crippen LogP contribution < -0.4 is 21.3 Å². The number of aliphatic hydroxyl groups is 9. The zero-order valence-corrected chi connectivity index (χ0v) is 73.3. The first-order chi connectivity index (χ1) is 58.3. The van der Waals surface area contributed by atoms with Crippen molar-refractivity contribution in [2.75, 3.05) is 120 Å². The maximum atomic E-state index is 14.2. The number of likely N-dealkylation sites (tertiary alicyclic amines) is 1. The second kappa shape index (κ2) is 64.7. The highest BCUT2D eigenvalue weighted by Gasteiger charge is 2.45. The van der Waals surface area contributed by atoms with Crippen molar-refractivity contribution in [3.05, 3.63) is 0 Å². The van der Waals surface area contributed by atoms with Crippen LogP contribution in [0.15, 0.2) is 0 Å². The molecule has 0 radical (unpaired) electrons. The summed E-state index contributed by atoms with van der Waals surface area (Å²) in [6.45, 7) is 8.27. The monoisotopic (exact) mass is 1730 g/mol. The van der Waals surface area contributed by atoms with Gasteiger partial charge in [-0.25, -0.2) is 4.79 Å². The van der Waals surface area contributed by atoms with Crippen LogP contribution in [0.5, 0.6) is 0 Å². The number of unbranched alkanes of at least 4 members (excludes halogenated alkanes) is 13. The summed E-state index contributed by atoms with van der Waals surface area (Å²) in [5.41, 5.74) is -0.966. The highest BCUT2D eigenvalue weighted by atomic mass is 16.7. The van der Waals surface area contributed by atoms with E-state index in [4.69, 9.17) is 52.1 Å². The zero-order valence-electron chi connectivity index (χ0n) is 73.3. The van der Waals surface area contributed by atoms with E-state index in [1.165, 1.54) is 0 Å². The molecule has 13 N–H and O–H groups in total. The standard InChI is InChI=1S/C87H155N5O29/c1-61-77(104)80(107)70(57-93)119-83(61)115-49-23-31-65(96)29-15-9-6-14-22-46-90-86(110)118-54-28-43-87(91-73(100)38-37-66(97)30-18-19-34-74(101)92-56-69(112-5)55-64(92)60-111-4,41-26-52-113-75(102)35-16-10-7-12-20-44-88-47-39-67(98)32-24-50-116-84-62(2)78(105)81(108)71(58-94)120-84)42-27-53-114-76(103)36-17-11-8-13-21-45-89-48-40-68(99)33-25-51-117-85-63(3)79(106)82(109)72(59-95)121-85/h61-64,69-72,77-85,88-89,93-95,104-109H,6-60H2,1-5H3,(H,90,110)(H,91,100)/t61?,62?,63?,64-,69+,70?,71?,72?,77?,78?,79?,80?,81?,82?,83?,84?,85?,87?/m1/s1. The smallest absolute Gasteiger partial charge is 0.407 e. The normalized spacial score (nSPS) is 25.4. The summed E-state index contributed by atoms with van der Waals surface area (Å²) in [6.07, 6.45) is 7.21. The number of Topliss-reactive ketones (excluding diaryl/α,β-unsaturated/α-hetero) is 4. The molecule has 0 spiro atoms. The molecular weight excluding hydrogens is 1580 g/mol. The fraction of sp³-hybridized carbons (Fsp3) is 0.897. The average Bonchev–Trinajstić information content (AvgIpc) is 1.57. The van der Waals surface area contributed by atoms with Gasteiger partial charge in [-0.2, -0.15) is 0 Å². The Morgan fingerprint density at radius 2 is 0.752 bits per heavy atom. The number of esters is 2. The molecule has 34 nitrogen and oxygen atoms in total. The minimum atomic E-state index is -1.22. The number of rotatable bonds is 72. The number of methoxy groups -OCH3 is 2. The second-order valence-corrected chi connectivity index (χ2v) is 33.4. The van der Waals surface area contributed by atoms with Crippen molar-refractivity contribution in [2.24, 2.45) is 17.8 Å². The van der Waals surface area contributed by atoms with Crippen molar-refractivity contribution >= 4 is 53.0 Å². The molecule has 0 bridgehead atoms. The molecule has 4 saturated heterocycles. The van der Waals surface area contributed by atoms with E-state index in [1.54, 1.807) is 39.9 Å². The third-order valence-electron chi connectivity index (χ3n) is 23.4. The van der Waals surface area contributed by atoms with E-state index in [2.05, 4.69) is 21.3 Å². The molecule has 0 saturated carbocycles. The van der Waals surface area contributed by atoms with E-state index in [0.29, 0.717) is 174 Å². The van der Waals surface area contributed by atoms with Gasteiger partial charge >= 0.3 is 18.0 Å². The van der Waals surface area contributed by atoms with Gasteiger partial charge in [0.25, 0.3) is 0 Å². The molecule has 17 atom stereocenters. The topological polar surface area (TPSA) is 489 Å². The van der Waals surface area contributed by atoms with Crippen molar-refractivity contribution in [1.82, 2.24) is 26.2 Å². The molecule has 34 heteroatoms. The van der Waals surface area contributed by atoms with E-state index in [0.717, 1.165) is 83.7 Å². The number of hydrogen-bond donors (Lipinski definition) is 13. The number of nitrogens with one attached hydrogen (secondary N) is 4. The van der Waals surface area contributed by atoms with Crippen LogP contribution in [-0.2, 0) is 90.5 Å². The number of carbonyl (C=O) groups is 9. The lowest BCUT2D eigenvalue weighted by molar-refractivity contribution is -0.282. The van der Waals surface area contributed by atoms with Gasteiger partial charge in [0.1, 0.15) is 59.8 Å². The molecule has 3 amide bonds. The maximum Gasteiger partial charge on any atom is 0.407 e. The van der Waals surface area contributed by atoms with Crippen molar-refractivity contribution in [1.29, 1.82) is 0 Å². The van der Waals surface area contributed by atoms with Crippen LogP contribution in [0.2, 0.25) is 0 Å². The molecule has 4 rings (SSSR count). The van der Waals surface area contributed by atoms with Gasteiger partial charge in [-0.15, -0.1) is 0 Å². The molecule has 0 aromatic carbocycles. The highest BCUT2D eigenvalue weighted by molar-refractivity contribution is 5.85. The van der Waals surface area contributed by atoms with Gasteiger partial charge < -0.3 is 124 Å². The Kier molecular flexibility index (Phi) is 58.0. The van der Waals surface area contributed by atoms with Gasteiger partial charge in [-0.3, -0.25) is 38.4 Å². The van der Waals surface area contributed by atoms with Crippen LogP contribution in [0.25, 0.3) is 0 Å². The lowest BCUT2D eigenvalue weighted by Gasteiger charge is -2.40. The number of ether oxygens (including phenoxy) is 11. The molecule has 0 aromatic heterocycles. The summed E-state index contributed by atoms with van der Waals surface area (Å²) in [7, 11) is 3.22. The third kappa shape index (κ3) is 44.9. The minimum Gasteiger partial charge on any atom is -0.466 e. The van der Waals surface area contributed by atoms with Gasteiger partial charge in [-0.1, -0.05) is 78.6 Å². The first kappa shape index (κ1) is 108. The van der Waals surface area contributed by atoms with E-state index in [9.17, 15) is 89.1 Å². The summed E-state index contributed by atoms with van der Waals surface area (Å²) in [5.74, 6) is -2.49. The van der Waals surface area contributed by atoms with Crippen LogP contribution >= 0.6 is 0 Å². The number of aliphatic hydroxyl groups excluding tert-OH is 9. The second-order valence-electron chi connectivity index (χ2n) is 33.4. The summed E-state index contributed by atoms with van der Waals surface area (Å²) in [6, 6.07) is -0.0860. The van der Waals surface area contributed by atoms with Crippen molar-refractivity contribution in [2.45, 2.75) is 363 Å². The molecule has 4 fully saturated rings. The number of alkyl carbamates (subject to hydrolysis) is 1. The summed E-state index contributed by atoms with van der Waals surface area (Å²) in [5, 5.41) is 102. The predicted octanol–water partition coefficient (Wildman–Crippen LogP) is 5.47. The van der Waals surface area contributed by atoms with Crippen LogP contribution in [0.1, 0.15) is 271 Å². The molecule has 0 aromatic rings. The zero-order chi connectivity index (χ0) is 88.6. The Balaban J connectivity index is 1.24. The fourth-order valence-electron chi connectivity index (χ4n) is 15.7. The molecular formula is C87H155N5O29. The van der Waals surface area contributed by atoms with Gasteiger partial charge in [-0.05, 0) is 129 Å². The van der Waals surface area contributed by atoms with Crippen LogP contribution in [0.3, 0.4) is 0 Å². The van der Waals surface area contributed by atoms with Crippen molar-refractivity contribution in [3.8, 4) is 0 Å². The highest BCUT2D eigenvalue weighted by Crippen LogP contribution is 2.32. The Labute approximate surface area is 717 Å². The van der Waals surface area contributed by atoms with Crippen LogP contribution in [-0.4, -0.2) is 315 Å². The molecule has 4 heterocycles. The molecule has 0 aliphatic carbocycles. The molecule has 4 aliphatic heterocycles. The lowest BCUT2D eigenvalue weighted by Crippen LogP contribution is -2.55. The number of amides is 3.